The zero-order chi connectivity index (χ0) is 27.0. The fourth-order valence-electron chi connectivity index (χ4n) is 3.91. The normalized spacial score (nSPS) is 11.1. The number of anilines is 1. The second-order valence-corrected chi connectivity index (χ2v) is 9.56. The maximum atomic E-state index is 13.6. The number of carbonyl (C=O) groups excluding carboxylic acids is 2. The molecule has 3 heterocycles. The number of nitrogens with one attached hydrogen (secondary N) is 2. The topological polar surface area (TPSA) is 120 Å². The lowest BCUT2D eigenvalue weighted by Crippen LogP contribution is -2.23. The second kappa shape index (κ2) is 10.4. The van der Waals surface area contributed by atoms with Crippen LogP contribution in [-0.4, -0.2) is 48.6 Å². The highest BCUT2D eigenvalue weighted by atomic mass is 35.5. The van der Waals surface area contributed by atoms with E-state index in [0.29, 0.717) is 43.0 Å². The Kier molecular flexibility index (Phi) is 7.02. The number of aryl methyl sites for hydroxylation is 1. The van der Waals surface area contributed by atoms with Crippen molar-refractivity contribution in [2.75, 3.05) is 12.4 Å². The Balaban J connectivity index is 1.55. The molecule has 0 atom stereocenters. The lowest BCUT2D eigenvalue weighted by molar-refractivity contribution is 0.0964. The van der Waals surface area contributed by atoms with Gasteiger partial charge in [-0.1, -0.05) is 34.8 Å². The molecule has 0 radical (unpaired) electrons. The third-order valence-corrected chi connectivity index (χ3v) is 6.38. The lowest BCUT2D eigenvalue weighted by atomic mass is 10.1. The number of pyridine rings is 1. The second-order valence-electron chi connectivity index (χ2n) is 8.28. The summed E-state index contributed by atoms with van der Waals surface area (Å²) in [6.07, 6.45) is 1.54. The van der Waals surface area contributed by atoms with Crippen LogP contribution in [0.3, 0.4) is 0 Å². The fourth-order valence-corrected chi connectivity index (χ4v) is 4.55. The van der Waals surface area contributed by atoms with Crippen LogP contribution >= 0.6 is 34.8 Å². The Hall–Kier alpha value is -3.99. The van der Waals surface area contributed by atoms with Crippen molar-refractivity contribution in [3.63, 3.8) is 0 Å². The Morgan fingerprint density at radius 2 is 1.71 bits per heavy atom. The molecule has 0 fully saturated rings. The van der Waals surface area contributed by atoms with Gasteiger partial charge in [-0.3, -0.25) is 9.59 Å². The first-order valence-electron chi connectivity index (χ1n) is 11.3. The van der Waals surface area contributed by atoms with Gasteiger partial charge in [-0.15, -0.1) is 0 Å². The SMILES string of the molecule is CNC(=O)c1cc(Cl)cc(C)c1NC(=O)c1cc(Cn2nc3ccc(Cl)cc3n2)nn1-c1ncccc1Cl. The Bertz CT molecular complexity index is 1710. The molecule has 0 unspecified atom stereocenters. The molecule has 192 valence electrons. The fraction of sp³-hybridized carbons (Fsp3) is 0.120. The predicted molar refractivity (Wildman–Crippen MR) is 146 cm³/mol. The minimum atomic E-state index is -0.536. The van der Waals surface area contributed by atoms with Gasteiger partial charge in [-0.05, 0) is 61.0 Å². The third-order valence-electron chi connectivity index (χ3n) is 5.63. The average molecular weight is 570 g/mol. The van der Waals surface area contributed by atoms with E-state index in [9.17, 15) is 9.59 Å². The largest absolute Gasteiger partial charge is 0.355 e. The van der Waals surface area contributed by atoms with E-state index < -0.39 is 11.8 Å². The summed E-state index contributed by atoms with van der Waals surface area (Å²) in [5, 5.41) is 20.1. The third kappa shape index (κ3) is 5.06. The molecular weight excluding hydrogens is 551 g/mol. The molecule has 2 aromatic carbocycles. The Labute approximate surface area is 231 Å². The Morgan fingerprint density at radius 1 is 0.921 bits per heavy atom. The van der Waals surface area contributed by atoms with Crippen LogP contribution in [0.4, 0.5) is 5.69 Å². The maximum absolute atomic E-state index is 13.6. The molecule has 5 rings (SSSR count). The number of halogens is 3. The van der Waals surface area contributed by atoms with E-state index in [-0.39, 0.29) is 23.6 Å². The van der Waals surface area contributed by atoms with Crippen LogP contribution in [-0.2, 0) is 6.54 Å². The van der Waals surface area contributed by atoms with Crippen molar-refractivity contribution in [1.82, 2.24) is 35.1 Å². The first kappa shape index (κ1) is 25.7. The first-order valence-corrected chi connectivity index (χ1v) is 12.4. The van der Waals surface area contributed by atoms with Crippen LogP contribution < -0.4 is 10.6 Å². The van der Waals surface area contributed by atoms with Crippen LogP contribution in [0.1, 0.15) is 32.1 Å². The van der Waals surface area contributed by atoms with Gasteiger partial charge in [-0.2, -0.15) is 20.1 Å². The van der Waals surface area contributed by atoms with Crippen LogP contribution in [0.15, 0.2) is 54.7 Å². The van der Waals surface area contributed by atoms with Gasteiger partial charge < -0.3 is 10.6 Å². The van der Waals surface area contributed by atoms with Crippen molar-refractivity contribution in [1.29, 1.82) is 0 Å². The number of hydrogen-bond donors (Lipinski definition) is 2. The van der Waals surface area contributed by atoms with Crippen LogP contribution in [0.25, 0.3) is 16.9 Å². The monoisotopic (exact) mass is 568 g/mol. The molecule has 0 aliphatic carbocycles. The molecule has 38 heavy (non-hydrogen) atoms. The highest BCUT2D eigenvalue weighted by molar-refractivity contribution is 6.32. The number of nitrogens with zero attached hydrogens (tertiary/aromatic N) is 6. The van der Waals surface area contributed by atoms with Gasteiger partial charge in [0, 0.05) is 23.3 Å². The molecule has 13 heteroatoms. The molecular formula is C25H19Cl3N8O2. The van der Waals surface area contributed by atoms with Crippen molar-refractivity contribution in [3.05, 3.63) is 92.3 Å². The highest BCUT2D eigenvalue weighted by Gasteiger charge is 2.23. The van der Waals surface area contributed by atoms with Crippen molar-refractivity contribution < 1.29 is 9.59 Å². The molecule has 0 saturated heterocycles. The van der Waals surface area contributed by atoms with Crippen molar-refractivity contribution in [3.8, 4) is 5.82 Å². The van der Waals surface area contributed by atoms with Crippen molar-refractivity contribution in [2.45, 2.75) is 13.5 Å². The number of rotatable bonds is 6. The smallest absolute Gasteiger partial charge is 0.274 e. The van der Waals surface area contributed by atoms with E-state index in [1.807, 2.05) is 0 Å². The summed E-state index contributed by atoms with van der Waals surface area (Å²) in [6.45, 7) is 1.90. The number of fused-ring (bicyclic) bond motifs is 1. The molecule has 0 aliphatic heterocycles. The lowest BCUT2D eigenvalue weighted by Gasteiger charge is -2.14. The zero-order valence-corrected chi connectivity index (χ0v) is 22.3. The summed E-state index contributed by atoms with van der Waals surface area (Å²) < 4.78 is 1.35. The average Bonchev–Trinajstić information content (AvgIpc) is 3.48. The molecule has 0 bridgehead atoms. The number of hydrogen-bond acceptors (Lipinski definition) is 6. The van der Waals surface area contributed by atoms with Gasteiger partial charge in [0.05, 0.1) is 22.0 Å². The van der Waals surface area contributed by atoms with E-state index in [0.717, 1.165) is 0 Å². The molecule has 0 saturated carbocycles. The predicted octanol–water partition coefficient (Wildman–Crippen LogP) is 4.94. The molecule has 10 nitrogen and oxygen atoms in total. The summed E-state index contributed by atoms with van der Waals surface area (Å²) >= 11 is 18.6. The van der Waals surface area contributed by atoms with Crippen molar-refractivity contribution in [2.24, 2.45) is 0 Å². The summed E-state index contributed by atoms with van der Waals surface area (Å²) in [5.41, 5.74) is 3.05. The number of carbonyl (C=O) groups is 2. The molecule has 0 aliphatic rings. The van der Waals surface area contributed by atoms with E-state index in [1.165, 1.54) is 22.6 Å². The van der Waals surface area contributed by atoms with Gasteiger partial charge >= 0.3 is 0 Å². The van der Waals surface area contributed by atoms with E-state index in [1.54, 1.807) is 55.6 Å². The minimum Gasteiger partial charge on any atom is -0.355 e. The van der Waals surface area contributed by atoms with Gasteiger partial charge in [0.2, 0.25) is 0 Å². The highest BCUT2D eigenvalue weighted by Crippen LogP contribution is 2.27. The van der Waals surface area contributed by atoms with Gasteiger partial charge in [-0.25, -0.2) is 9.67 Å². The summed E-state index contributed by atoms with van der Waals surface area (Å²) in [7, 11) is 1.50. The van der Waals surface area contributed by atoms with Gasteiger partial charge in [0.25, 0.3) is 11.8 Å². The molecule has 2 amide bonds. The molecule has 2 N–H and O–H groups in total. The first-order chi connectivity index (χ1) is 18.2. The molecule has 0 spiro atoms. The van der Waals surface area contributed by atoms with E-state index >= 15 is 0 Å². The number of benzene rings is 2. The summed E-state index contributed by atoms with van der Waals surface area (Å²) in [5.74, 6) is -0.675. The maximum Gasteiger partial charge on any atom is 0.274 e. The summed E-state index contributed by atoms with van der Waals surface area (Å²) in [4.78, 5) is 31.9. The summed E-state index contributed by atoms with van der Waals surface area (Å²) in [6, 6.07) is 13.3. The number of aromatic nitrogens is 6. The minimum absolute atomic E-state index is 0.137. The van der Waals surface area contributed by atoms with E-state index in [4.69, 9.17) is 34.8 Å². The quantitative estimate of drug-likeness (QED) is 0.299. The van der Waals surface area contributed by atoms with Crippen LogP contribution in [0.5, 0.6) is 0 Å². The molecule has 3 aromatic heterocycles. The van der Waals surface area contributed by atoms with Crippen LogP contribution in [0.2, 0.25) is 15.1 Å². The van der Waals surface area contributed by atoms with Crippen molar-refractivity contribution >= 4 is 63.3 Å². The van der Waals surface area contributed by atoms with Gasteiger partial charge in [0.1, 0.15) is 23.3 Å². The zero-order valence-electron chi connectivity index (χ0n) is 20.0. The standard InChI is InChI=1S/C25H19Cl3N8O2/c1-13-8-15(27)9-17(24(37)29-2)22(13)31-25(38)21-11-16(32-36(21)23-18(28)4-3-7-30-23)12-35-33-19-6-5-14(26)10-20(19)34-35/h3-11H,12H2,1-2H3,(H,29,37)(H,31,38). The Morgan fingerprint density at radius 3 is 2.47 bits per heavy atom. The van der Waals surface area contributed by atoms with E-state index in [2.05, 4.69) is 30.9 Å². The number of amides is 2. The van der Waals surface area contributed by atoms with Crippen LogP contribution in [0, 0.1) is 6.92 Å². The van der Waals surface area contributed by atoms with Gasteiger partial charge in [0.15, 0.2) is 5.82 Å². The molecule has 5 aromatic rings.